The lowest BCUT2D eigenvalue weighted by Crippen LogP contribution is -2.46. The van der Waals surface area contributed by atoms with Crippen LogP contribution in [-0.4, -0.2) is 29.6 Å². The minimum Gasteiger partial charge on any atom is -0.386 e. The van der Waals surface area contributed by atoms with E-state index in [-0.39, 0.29) is 5.54 Å². The van der Waals surface area contributed by atoms with Crippen molar-refractivity contribution in [2.45, 2.75) is 38.8 Å². The summed E-state index contributed by atoms with van der Waals surface area (Å²) < 4.78 is 0. The zero-order chi connectivity index (χ0) is 12.3. The standard InChI is InChI=1S/C14H23NO/c1-6-14(3,15(4)5)13(16)12-9-7-11(2)8-10-12/h7-10,13,16H,6H2,1-5H3. The van der Waals surface area contributed by atoms with E-state index in [1.165, 1.54) is 5.56 Å². The Balaban J connectivity index is 3.00. The zero-order valence-corrected chi connectivity index (χ0v) is 11.0. The Morgan fingerprint density at radius 3 is 2.12 bits per heavy atom. The Labute approximate surface area is 98.9 Å². The van der Waals surface area contributed by atoms with Crippen molar-refractivity contribution in [2.75, 3.05) is 14.1 Å². The number of aliphatic hydroxyl groups is 1. The fourth-order valence-corrected chi connectivity index (χ4v) is 1.86. The van der Waals surface area contributed by atoms with Gasteiger partial charge in [-0.3, -0.25) is 0 Å². The molecule has 0 fully saturated rings. The van der Waals surface area contributed by atoms with Crippen molar-refractivity contribution in [1.29, 1.82) is 0 Å². The molecule has 1 N–H and O–H groups in total. The molecule has 1 aromatic rings. The lowest BCUT2D eigenvalue weighted by atomic mass is 9.85. The van der Waals surface area contributed by atoms with Crippen LogP contribution in [0.5, 0.6) is 0 Å². The van der Waals surface area contributed by atoms with Crippen molar-refractivity contribution in [3.63, 3.8) is 0 Å². The van der Waals surface area contributed by atoms with Crippen molar-refractivity contribution in [3.8, 4) is 0 Å². The number of nitrogens with zero attached hydrogens (tertiary/aromatic N) is 1. The Morgan fingerprint density at radius 2 is 1.75 bits per heavy atom. The van der Waals surface area contributed by atoms with Gasteiger partial charge in [0, 0.05) is 5.54 Å². The van der Waals surface area contributed by atoms with Crippen LogP contribution in [0.15, 0.2) is 24.3 Å². The van der Waals surface area contributed by atoms with E-state index in [4.69, 9.17) is 0 Å². The average molecular weight is 221 g/mol. The monoisotopic (exact) mass is 221 g/mol. The van der Waals surface area contributed by atoms with Crippen LogP contribution in [0.25, 0.3) is 0 Å². The van der Waals surface area contributed by atoms with Crippen LogP contribution in [0.1, 0.15) is 37.5 Å². The van der Waals surface area contributed by atoms with E-state index in [9.17, 15) is 5.11 Å². The van der Waals surface area contributed by atoms with E-state index >= 15 is 0 Å². The smallest absolute Gasteiger partial charge is 0.0970 e. The molecule has 1 aromatic carbocycles. The highest BCUT2D eigenvalue weighted by Crippen LogP contribution is 2.32. The maximum absolute atomic E-state index is 10.5. The molecule has 16 heavy (non-hydrogen) atoms. The van der Waals surface area contributed by atoms with Crippen LogP contribution in [-0.2, 0) is 0 Å². The molecule has 0 spiro atoms. The molecule has 0 amide bonds. The van der Waals surface area contributed by atoms with Crippen molar-refractivity contribution in [1.82, 2.24) is 4.90 Å². The number of hydrogen-bond acceptors (Lipinski definition) is 2. The lowest BCUT2D eigenvalue weighted by molar-refractivity contribution is 0.000864. The molecule has 0 saturated carbocycles. The van der Waals surface area contributed by atoms with Crippen LogP contribution < -0.4 is 0 Å². The molecule has 2 atom stereocenters. The molecule has 2 nitrogen and oxygen atoms in total. The molecule has 2 unspecified atom stereocenters. The molecule has 0 aromatic heterocycles. The number of aliphatic hydroxyl groups excluding tert-OH is 1. The molecule has 2 heteroatoms. The largest absolute Gasteiger partial charge is 0.386 e. The fraction of sp³-hybridized carbons (Fsp3) is 0.571. The summed E-state index contributed by atoms with van der Waals surface area (Å²) in [5.74, 6) is 0. The van der Waals surface area contributed by atoms with Crippen molar-refractivity contribution >= 4 is 0 Å². The number of aryl methyl sites for hydroxylation is 1. The fourth-order valence-electron chi connectivity index (χ4n) is 1.86. The van der Waals surface area contributed by atoms with Gasteiger partial charge in [0.2, 0.25) is 0 Å². The zero-order valence-electron chi connectivity index (χ0n) is 11.0. The van der Waals surface area contributed by atoms with Crippen molar-refractivity contribution < 1.29 is 5.11 Å². The van der Waals surface area contributed by atoms with Gasteiger partial charge in [-0.25, -0.2) is 0 Å². The number of rotatable bonds is 4. The molecule has 0 aliphatic heterocycles. The minimum absolute atomic E-state index is 0.213. The summed E-state index contributed by atoms with van der Waals surface area (Å²) in [6.07, 6.45) is 0.461. The molecule has 0 bridgehead atoms. The van der Waals surface area contributed by atoms with Gasteiger partial charge in [0.25, 0.3) is 0 Å². The molecule has 90 valence electrons. The van der Waals surface area contributed by atoms with Crippen LogP contribution >= 0.6 is 0 Å². The second-order valence-electron chi connectivity index (χ2n) is 4.92. The maximum atomic E-state index is 10.5. The van der Waals surface area contributed by atoms with Gasteiger partial charge in [0.15, 0.2) is 0 Å². The first-order chi connectivity index (χ1) is 7.41. The molecular formula is C14H23NO. The van der Waals surface area contributed by atoms with Gasteiger partial charge in [-0.05, 0) is 39.9 Å². The lowest BCUT2D eigenvalue weighted by Gasteiger charge is -2.40. The summed E-state index contributed by atoms with van der Waals surface area (Å²) in [5.41, 5.74) is 2.00. The van der Waals surface area contributed by atoms with Gasteiger partial charge in [0.05, 0.1) is 6.10 Å². The summed E-state index contributed by atoms with van der Waals surface area (Å²) in [5, 5.41) is 10.5. The third-order valence-electron chi connectivity index (χ3n) is 3.72. The molecule has 0 saturated heterocycles. The van der Waals surface area contributed by atoms with E-state index in [1.54, 1.807) is 0 Å². The Bertz CT molecular complexity index is 331. The first-order valence-electron chi connectivity index (χ1n) is 5.84. The van der Waals surface area contributed by atoms with Crippen molar-refractivity contribution in [3.05, 3.63) is 35.4 Å². The quantitative estimate of drug-likeness (QED) is 0.845. The molecule has 1 rings (SSSR count). The predicted octanol–water partition coefficient (Wildman–Crippen LogP) is 2.76. The van der Waals surface area contributed by atoms with Gasteiger partial charge < -0.3 is 10.0 Å². The predicted molar refractivity (Wildman–Crippen MR) is 68.5 cm³/mol. The Hall–Kier alpha value is -0.860. The van der Waals surface area contributed by atoms with E-state index in [1.807, 2.05) is 38.4 Å². The third kappa shape index (κ3) is 2.45. The first-order valence-corrected chi connectivity index (χ1v) is 5.84. The number of benzene rings is 1. The molecule has 0 radical (unpaired) electrons. The number of likely N-dealkylation sites (N-methyl/N-ethyl adjacent to an activating group) is 1. The Kier molecular flexibility index (Phi) is 4.11. The van der Waals surface area contributed by atoms with E-state index < -0.39 is 6.10 Å². The third-order valence-corrected chi connectivity index (χ3v) is 3.72. The van der Waals surface area contributed by atoms with E-state index in [0.717, 1.165) is 12.0 Å². The second kappa shape index (κ2) is 4.98. The SMILES string of the molecule is CCC(C)(C(O)c1ccc(C)cc1)N(C)C. The molecular weight excluding hydrogens is 198 g/mol. The van der Waals surface area contributed by atoms with E-state index in [0.29, 0.717) is 0 Å². The van der Waals surface area contributed by atoms with Gasteiger partial charge in [-0.2, -0.15) is 0 Å². The van der Waals surface area contributed by atoms with Crippen LogP contribution in [0.2, 0.25) is 0 Å². The second-order valence-corrected chi connectivity index (χ2v) is 4.92. The highest BCUT2D eigenvalue weighted by atomic mass is 16.3. The summed E-state index contributed by atoms with van der Waals surface area (Å²) in [6.45, 7) is 6.26. The van der Waals surface area contributed by atoms with Crippen LogP contribution in [0.3, 0.4) is 0 Å². The average Bonchev–Trinajstić information content (AvgIpc) is 2.27. The molecule has 0 aliphatic rings. The van der Waals surface area contributed by atoms with Crippen molar-refractivity contribution in [2.24, 2.45) is 0 Å². The van der Waals surface area contributed by atoms with Gasteiger partial charge in [0.1, 0.15) is 0 Å². The normalized spacial score (nSPS) is 17.2. The van der Waals surface area contributed by atoms with E-state index in [2.05, 4.69) is 25.7 Å². The summed E-state index contributed by atoms with van der Waals surface area (Å²) in [4.78, 5) is 2.09. The summed E-state index contributed by atoms with van der Waals surface area (Å²) >= 11 is 0. The topological polar surface area (TPSA) is 23.5 Å². The van der Waals surface area contributed by atoms with Crippen LogP contribution in [0.4, 0.5) is 0 Å². The van der Waals surface area contributed by atoms with Gasteiger partial charge in [-0.1, -0.05) is 36.8 Å². The van der Waals surface area contributed by atoms with Gasteiger partial charge >= 0.3 is 0 Å². The number of hydrogen-bond donors (Lipinski definition) is 1. The highest BCUT2D eigenvalue weighted by molar-refractivity contribution is 5.25. The Morgan fingerprint density at radius 1 is 1.25 bits per heavy atom. The van der Waals surface area contributed by atoms with Gasteiger partial charge in [-0.15, -0.1) is 0 Å². The molecule has 0 aliphatic carbocycles. The maximum Gasteiger partial charge on any atom is 0.0970 e. The highest BCUT2D eigenvalue weighted by Gasteiger charge is 2.34. The molecule has 0 heterocycles. The minimum atomic E-state index is -0.451. The summed E-state index contributed by atoms with van der Waals surface area (Å²) in [7, 11) is 4.03. The summed E-state index contributed by atoms with van der Waals surface area (Å²) in [6, 6.07) is 8.11. The first kappa shape index (κ1) is 13.2. The van der Waals surface area contributed by atoms with Crippen LogP contribution in [0, 0.1) is 6.92 Å².